The van der Waals surface area contributed by atoms with Crippen LogP contribution in [0, 0.1) is 11.8 Å². The van der Waals surface area contributed by atoms with Crippen LogP contribution in [0.25, 0.3) is 0 Å². The maximum Gasteiger partial charge on any atom is 0.245 e. The number of rotatable bonds is 7. The van der Waals surface area contributed by atoms with Gasteiger partial charge in [0.1, 0.15) is 11.6 Å². The first-order valence-corrected chi connectivity index (χ1v) is 9.53. The third-order valence-electron chi connectivity index (χ3n) is 6.10. The van der Waals surface area contributed by atoms with E-state index in [1.165, 1.54) is 4.90 Å². The molecule has 2 unspecified atom stereocenters. The summed E-state index contributed by atoms with van der Waals surface area (Å²) in [6.45, 7) is 4.03. The van der Waals surface area contributed by atoms with Crippen LogP contribution >= 0.6 is 0 Å². The first-order valence-electron chi connectivity index (χ1n) is 9.53. The van der Waals surface area contributed by atoms with E-state index in [9.17, 15) is 19.5 Å². The predicted octanol–water partition coefficient (Wildman–Crippen LogP) is -0.596. The Balaban J connectivity index is 1.96. The largest absolute Gasteiger partial charge is 0.394 e. The van der Waals surface area contributed by atoms with Crippen LogP contribution in [-0.2, 0) is 19.1 Å². The number of aliphatic hydroxyl groups is 1. The van der Waals surface area contributed by atoms with Gasteiger partial charge in [0.15, 0.2) is 0 Å². The first kappa shape index (κ1) is 19.1. The lowest BCUT2D eigenvalue weighted by Crippen LogP contribution is -2.57. The maximum absolute atomic E-state index is 13.2. The average Bonchev–Trinajstić information content (AvgIpc) is 3.27. The smallest absolute Gasteiger partial charge is 0.245 e. The monoisotopic (exact) mass is 367 g/mol. The fraction of sp³-hybridized carbons (Fsp3) is 0.833. The van der Waals surface area contributed by atoms with E-state index in [-0.39, 0.29) is 30.4 Å². The molecule has 26 heavy (non-hydrogen) atoms. The van der Waals surface area contributed by atoms with Gasteiger partial charge in [-0.15, -0.1) is 0 Å². The second-order valence-corrected chi connectivity index (χ2v) is 7.59. The van der Waals surface area contributed by atoms with E-state index in [1.807, 2.05) is 6.92 Å². The number of carbonyl (C=O) groups excluding carboxylic acids is 3. The van der Waals surface area contributed by atoms with Crippen molar-refractivity contribution in [2.45, 2.75) is 63.3 Å². The van der Waals surface area contributed by atoms with Crippen LogP contribution < -0.4 is 10.6 Å². The molecule has 146 valence electrons. The third kappa shape index (κ3) is 2.62. The molecule has 8 nitrogen and oxygen atoms in total. The second-order valence-electron chi connectivity index (χ2n) is 7.59. The summed E-state index contributed by atoms with van der Waals surface area (Å²) in [7, 11) is 1.55. The van der Waals surface area contributed by atoms with Crippen LogP contribution in [-0.4, -0.2) is 71.7 Å². The number of fused-ring (bicyclic) bond motifs is 1. The minimum absolute atomic E-state index is 0.224. The highest BCUT2D eigenvalue weighted by molar-refractivity contribution is 5.99. The molecule has 6 atom stereocenters. The van der Waals surface area contributed by atoms with Crippen molar-refractivity contribution in [1.29, 1.82) is 0 Å². The Labute approximate surface area is 153 Å². The summed E-state index contributed by atoms with van der Waals surface area (Å²) >= 11 is 0. The van der Waals surface area contributed by atoms with Crippen molar-refractivity contribution in [3.05, 3.63) is 0 Å². The summed E-state index contributed by atoms with van der Waals surface area (Å²) in [6.07, 6.45) is 2.69. The van der Waals surface area contributed by atoms with Gasteiger partial charge >= 0.3 is 0 Å². The molecule has 3 rings (SSSR count). The molecule has 3 N–H and O–H groups in total. The van der Waals surface area contributed by atoms with Crippen molar-refractivity contribution in [3.8, 4) is 0 Å². The molecule has 2 bridgehead atoms. The SMILES string of the molecule is CCCCNC(=O)C1N([C@H](C)CO)C(=O)[C@@H]2[C@@H](C(=O)NC)[C@H]3CCC12O3. The van der Waals surface area contributed by atoms with Crippen LogP contribution in [0.4, 0.5) is 0 Å². The van der Waals surface area contributed by atoms with E-state index in [2.05, 4.69) is 10.6 Å². The van der Waals surface area contributed by atoms with Crippen LogP contribution in [0.2, 0.25) is 0 Å². The number of aliphatic hydroxyl groups excluding tert-OH is 1. The standard InChI is InChI=1S/C18H29N3O5/c1-4-5-8-20-16(24)14-18-7-6-11(26-18)12(15(23)19-3)13(18)17(25)21(14)10(2)9-22/h10-14,22H,4-9H2,1-3H3,(H,19,23)(H,20,24)/t10-,11-,12+,13+,14?,18?/m1/s1. The van der Waals surface area contributed by atoms with Gasteiger partial charge in [0.25, 0.3) is 0 Å². The van der Waals surface area contributed by atoms with Crippen molar-refractivity contribution in [1.82, 2.24) is 15.5 Å². The van der Waals surface area contributed by atoms with Gasteiger partial charge in [0.05, 0.1) is 30.6 Å². The summed E-state index contributed by atoms with van der Waals surface area (Å²) in [6, 6.07) is -1.32. The molecular formula is C18H29N3O5. The van der Waals surface area contributed by atoms with Crippen LogP contribution in [0.3, 0.4) is 0 Å². The van der Waals surface area contributed by atoms with E-state index in [0.29, 0.717) is 19.4 Å². The highest BCUT2D eigenvalue weighted by Crippen LogP contribution is 2.58. The molecule has 0 aliphatic carbocycles. The molecule has 0 radical (unpaired) electrons. The minimum Gasteiger partial charge on any atom is -0.394 e. The van der Waals surface area contributed by atoms with Gasteiger partial charge in [0.2, 0.25) is 17.7 Å². The van der Waals surface area contributed by atoms with Crippen molar-refractivity contribution in [3.63, 3.8) is 0 Å². The Morgan fingerprint density at radius 3 is 2.77 bits per heavy atom. The van der Waals surface area contributed by atoms with E-state index < -0.39 is 29.5 Å². The molecule has 0 aromatic heterocycles. The predicted molar refractivity (Wildman–Crippen MR) is 93.0 cm³/mol. The highest BCUT2D eigenvalue weighted by Gasteiger charge is 2.74. The lowest BCUT2D eigenvalue weighted by molar-refractivity contribution is -0.145. The van der Waals surface area contributed by atoms with E-state index in [0.717, 1.165) is 12.8 Å². The van der Waals surface area contributed by atoms with Gasteiger partial charge in [0, 0.05) is 13.6 Å². The summed E-state index contributed by atoms with van der Waals surface area (Å²) in [5, 5.41) is 15.2. The summed E-state index contributed by atoms with van der Waals surface area (Å²) in [5.41, 5.74) is -0.974. The van der Waals surface area contributed by atoms with Crippen LogP contribution in [0.1, 0.15) is 39.5 Å². The molecule has 3 saturated heterocycles. The van der Waals surface area contributed by atoms with Crippen LogP contribution in [0.15, 0.2) is 0 Å². The molecule has 0 saturated carbocycles. The number of hydrogen-bond donors (Lipinski definition) is 3. The minimum atomic E-state index is -0.974. The average molecular weight is 367 g/mol. The maximum atomic E-state index is 13.2. The van der Waals surface area contributed by atoms with Gasteiger partial charge in [-0.1, -0.05) is 13.3 Å². The topological polar surface area (TPSA) is 108 Å². The summed E-state index contributed by atoms with van der Waals surface area (Å²) in [5.74, 6) is -2.00. The van der Waals surface area contributed by atoms with E-state index in [4.69, 9.17) is 4.74 Å². The Hall–Kier alpha value is -1.67. The number of unbranched alkanes of at least 4 members (excludes halogenated alkanes) is 1. The molecule has 8 heteroatoms. The van der Waals surface area contributed by atoms with Gasteiger partial charge in [-0.25, -0.2) is 0 Å². The number of amides is 3. The molecular weight excluding hydrogens is 338 g/mol. The van der Waals surface area contributed by atoms with E-state index >= 15 is 0 Å². The Bertz CT molecular complexity index is 597. The molecule has 0 aromatic carbocycles. The molecule has 1 spiro atoms. The zero-order valence-electron chi connectivity index (χ0n) is 15.7. The number of nitrogens with zero attached hydrogens (tertiary/aromatic N) is 1. The quantitative estimate of drug-likeness (QED) is 0.521. The van der Waals surface area contributed by atoms with Gasteiger partial charge in [-0.05, 0) is 26.2 Å². The lowest BCUT2D eigenvalue weighted by atomic mass is 9.70. The molecule has 3 fully saturated rings. The molecule has 3 amide bonds. The Morgan fingerprint density at radius 2 is 2.15 bits per heavy atom. The Kier molecular flexibility index (Phi) is 5.25. The third-order valence-corrected chi connectivity index (χ3v) is 6.10. The summed E-state index contributed by atoms with van der Waals surface area (Å²) < 4.78 is 6.19. The fourth-order valence-corrected chi connectivity index (χ4v) is 4.90. The normalized spacial score (nSPS) is 36.2. The number of hydrogen-bond acceptors (Lipinski definition) is 5. The zero-order chi connectivity index (χ0) is 19.1. The number of carbonyl (C=O) groups is 3. The molecule has 3 aliphatic heterocycles. The zero-order valence-corrected chi connectivity index (χ0v) is 15.7. The van der Waals surface area contributed by atoms with Gasteiger partial charge < -0.3 is 25.4 Å². The number of nitrogens with one attached hydrogen (secondary N) is 2. The van der Waals surface area contributed by atoms with Gasteiger partial charge in [-0.3, -0.25) is 14.4 Å². The summed E-state index contributed by atoms with van der Waals surface area (Å²) in [4.78, 5) is 40.1. The van der Waals surface area contributed by atoms with Crippen molar-refractivity contribution >= 4 is 17.7 Å². The lowest BCUT2D eigenvalue weighted by Gasteiger charge is -2.35. The second kappa shape index (κ2) is 7.15. The molecule has 3 aliphatic rings. The fourth-order valence-electron chi connectivity index (χ4n) is 4.90. The van der Waals surface area contributed by atoms with Gasteiger partial charge in [-0.2, -0.15) is 0 Å². The van der Waals surface area contributed by atoms with Crippen molar-refractivity contribution in [2.75, 3.05) is 20.2 Å². The molecule has 3 heterocycles. The highest BCUT2D eigenvalue weighted by atomic mass is 16.5. The van der Waals surface area contributed by atoms with Crippen molar-refractivity contribution in [2.24, 2.45) is 11.8 Å². The molecule has 0 aromatic rings. The number of ether oxygens (including phenoxy) is 1. The Morgan fingerprint density at radius 1 is 1.42 bits per heavy atom. The van der Waals surface area contributed by atoms with Crippen LogP contribution in [0.5, 0.6) is 0 Å². The van der Waals surface area contributed by atoms with Crippen molar-refractivity contribution < 1.29 is 24.2 Å². The first-order chi connectivity index (χ1) is 12.4. The van der Waals surface area contributed by atoms with E-state index in [1.54, 1.807) is 14.0 Å². The number of likely N-dealkylation sites (tertiary alicyclic amines) is 1.